The van der Waals surface area contributed by atoms with Crippen LogP contribution in [0.4, 0.5) is 10.5 Å². The fraction of sp³-hybridized carbons (Fsp3) is 0.603. The number of carbonyl (C=O) groups is 7. The van der Waals surface area contributed by atoms with E-state index in [-0.39, 0.29) is 102 Å². The van der Waals surface area contributed by atoms with E-state index in [9.17, 15) is 33.6 Å². The van der Waals surface area contributed by atoms with Gasteiger partial charge in [0.05, 0.1) is 151 Å². The molecule has 1 aliphatic carbocycles. The molecule has 0 fully saturated rings. The zero-order chi connectivity index (χ0) is 61.8. The number of nitrogens with zero attached hydrogens (tertiary/aromatic N) is 3. The number of carbonyl (C=O) groups excluding carboxylic acids is 7. The minimum absolute atomic E-state index is 0.0164. The van der Waals surface area contributed by atoms with Gasteiger partial charge in [0.1, 0.15) is 6.10 Å². The SMILES string of the molecule is C/C1=C/c2ccccc2N(C(=O)CCC(=O)NCCOCCOCCOCCN(CCOCCOCCOCCNC(=O)O[C@H]2CC/C=C/CCC2)C(=O)CCOCCOCCOCCOCCNC(=O)CCN2C(=O)C=CC2=O)Cc2ccccc21. The summed E-state index contributed by atoms with van der Waals surface area (Å²) in [5.41, 5.74) is 5.05. The lowest BCUT2D eigenvalue weighted by Crippen LogP contribution is -2.37. The molecule has 5 rings (SSSR count). The van der Waals surface area contributed by atoms with Gasteiger partial charge in [-0.3, -0.25) is 33.7 Å². The van der Waals surface area contributed by atoms with Gasteiger partial charge in [-0.25, -0.2) is 4.79 Å². The summed E-state index contributed by atoms with van der Waals surface area (Å²) in [7, 11) is 0. The van der Waals surface area contributed by atoms with Crippen LogP contribution < -0.4 is 20.9 Å². The largest absolute Gasteiger partial charge is 0.446 e. The number of nitrogens with one attached hydrogen (secondary N) is 3. The summed E-state index contributed by atoms with van der Waals surface area (Å²) in [6.45, 7) is 10.4. The van der Waals surface area contributed by atoms with E-state index in [1.165, 1.54) is 12.2 Å². The Morgan fingerprint density at radius 2 is 1.02 bits per heavy atom. The molecule has 87 heavy (non-hydrogen) atoms. The molecule has 0 saturated carbocycles. The summed E-state index contributed by atoms with van der Waals surface area (Å²) in [4.78, 5) is 91.3. The van der Waals surface area contributed by atoms with Gasteiger partial charge in [0.25, 0.3) is 11.8 Å². The molecule has 0 unspecified atom stereocenters. The van der Waals surface area contributed by atoms with Gasteiger partial charge < -0.3 is 77.9 Å². The average Bonchev–Trinajstić information content (AvgIpc) is 3.83. The smallest absolute Gasteiger partial charge is 0.407 e. The molecule has 0 saturated heterocycles. The second-order valence-electron chi connectivity index (χ2n) is 20.3. The molecule has 2 aromatic carbocycles. The zero-order valence-corrected chi connectivity index (χ0v) is 50.7. The van der Waals surface area contributed by atoms with Crippen molar-refractivity contribution in [1.82, 2.24) is 25.8 Å². The Kier molecular flexibility index (Phi) is 36.8. The number of imide groups is 1. The second kappa shape index (κ2) is 44.9. The van der Waals surface area contributed by atoms with Crippen molar-refractivity contribution >= 4 is 58.9 Å². The van der Waals surface area contributed by atoms with Crippen molar-refractivity contribution in [2.75, 3.05) is 176 Å². The maximum Gasteiger partial charge on any atom is 0.407 e. The van der Waals surface area contributed by atoms with Gasteiger partial charge in [-0.15, -0.1) is 0 Å². The first-order chi connectivity index (χ1) is 42.6. The molecule has 0 bridgehead atoms. The summed E-state index contributed by atoms with van der Waals surface area (Å²) in [5, 5.41) is 8.26. The molecule has 2 heterocycles. The molecule has 2 aromatic rings. The van der Waals surface area contributed by atoms with E-state index in [1.54, 1.807) is 9.80 Å². The molecule has 482 valence electrons. The number of allylic oxidation sites excluding steroid dienone is 3. The van der Waals surface area contributed by atoms with Crippen molar-refractivity contribution in [3.63, 3.8) is 0 Å². The van der Waals surface area contributed by atoms with Crippen LogP contribution in [0.2, 0.25) is 0 Å². The first-order valence-electron chi connectivity index (χ1n) is 30.5. The number of hydrogen-bond acceptors (Lipinski definition) is 18. The van der Waals surface area contributed by atoms with Gasteiger partial charge in [-0.05, 0) is 73.4 Å². The van der Waals surface area contributed by atoms with Crippen LogP contribution in [0, 0.1) is 0 Å². The number of hydrogen-bond donors (Lipinski definition) is 3. The number of para-hydroxylation sites is 1. The molecule has 2 aliphatic heterocycles. The summed E-state index contributed by atoms with van der Waals surface area (Å²) < 4.78 is 61.8. The Bertz CT molecular complexity index is 2440. The number of fused-ring (bicyclic) bond motifs is 2. The Balaban J connectivity index is 0.865. The van der Waals surface area contributed by atoms with Crippen molar-refractivity contribution in [2.45, 2.75) is 77.4 Å². The van der Waals surface area contributed by atoms with Crippen molar-refractivity contribution in [1.29, 1.82) is 0 Å². The van der Waals surface area contributed by atoms with Gasteiger partial charge in [-0.2, -0.15) is 0 Å². The van der Waals surface area contributed by atoms with Crippen molar-refractivity contribution < 1.29 is 85.7 Å². The van der Waals surface area contributed by atoms with Gasteiger partial charge >= 0.3 is 6.09 Å². The predicted molar refractivity (Wildman–Crippen MR) is 323 cm³/mol. The van der Waals surface area contributed by atoms with Crippen molar-refractivity contribution in [3.8, 4) is 0 Å². The third kappa shape index (κ3) is 30.8. The van der Waals surface area contributed by atoms with Gasteiger partial charge in [0.2, 0.25) is 23.6 Å². The topological polar surface area (TPSA) is 267 Å². The third-order valence-corrected chi connectivity index (χ3v) is 13.8. The first kappa shape index (κ1) is 71.3. The molecule has 24 heteroatoms. The van der Waals surface area contributed by atoms with E-state index in [0.717, 1.165) is 65.0 Å². The molecule has 3 aliphatic rings. The standard InChI is InChI=1S/C63H92N6O18/c1-51-49-52-11-8-10-16-56(52)69(50-53-12-7-9-15-55(51)53)62(75)18-17-57(70)64-23-30-78-36-42-84-45-39-81-33-27-67(28-34-82-40-46-85-44-38-80-32-25-66-63(76)87-54-13-5-3-2-4-6-14-54)59(72)22-29-77-35-41-83-47-48-86-43-37-79-31-24-65-58(71)21-26-68-60(73)19-20-61(68)74/h2-3,7-12,15-16,19-20,49,54H,4-6,13-14,17-18,21-48,50H2,1H3,(H,64,70)(H,65,71)(H,66,76)/b3-2+,51-49-/t54-/m0/s1. The Morgan fingerprint density at radius 1 is 0.529 bits per heavy atom. The highest BCUT2D eigenvalue weighted by Gasteiger charge is 2.25. The van der Waals surface area contributed by atoms with Crippen LogP contribution in [-0.4, -0.2) is 229 Å². The van der Waals surface area contributed by atoms with Crippen LogP contribution in [0.1, 0.15) is 81.4 Å². The summed E-state index contributed by atoms with van der Waals surface area (Å²) in [6, 6.07) is 15.9. The van der Waals surface area contributed by atoms with E-state index in [1.807, 2.05) is 42.5 Å². The lowest BCUT2D eigenvalue weighted by molar-refractivity contribution is -0.137. The van der Waals surface area contributed by atoms with E-state index in [4.69, 9.17) is 52.1 Å². The minimum atomic E-state index is -0.424. The highest BCUT2D eigenvalue weighted by Crippen LogP contribution is 2.33. The lowest BCUT2D eigenvalue weighted by Gasteiger charge is -2.28. The molecule has 0 aromatic heterocycles. The normalized spacial score (nSPS) is 15.7. The maximum absolute atomic E-state index is 13.6. The molecule has 24 nitrogen and oxygen atoms in total. The molecule has 0 spiro atoms. The van der Waals surface area contributed by atoms with Crippen LogP contribution in [0.5, 0.6) is 0 Å². The quantitative estimate of drug-likeness (QED) is 0.0470. The van der Waals surface area contributed by atoms with Crippen LogP contribution in [0.15, 0.2) is 72.8 Å². The number of anilines is 1. The lowest BCUT2D eigenvalue weighted by atomic mass is 9.95. The van der Waals surface area contributed by atoms with Crippen LogP contribution in [0.3, 0.4) is 0 Å². The minimum Gasteiger partial charge on any atom is -0.446 e. The fourth-order valence-electron chi connectivity index (χ4n) is 9.15. The Labute approximate surface area is 511 Å². The average molecular weight is 1220 g/mol. The van der Waals surface area contributed by atoms with Crippen molar-refractivity contribution in [3.05, 3.63) is 89.5 Å². The molecule has 3 N–H and O–H groups in total. The van der Waals surface area contributed by atoms with Gasteiger partial charge in [-0.1, -0.05) is 54.6 Å². The van der Waals surface area contributed by atoms with E-state index in [0.29, 0.717) is 132 Å². The number of alkyl carbamates (subject to hydrolysis) is 1. The highest BCUT2D eigenvalue weighted by molar-refractivity contribution is 6.13. The first-order valence-corrected chi connectivity index (χ1v) is 30.5. The number of ether oxygens (including phenoxy) is 11. The van der Waals surface area contributed by atoms with E-state index in [2.05, 4.69) is 47.2 Å². The predicted octanol–water partition coefficient (Wildman–Crippen LogP) is 4.42. The Morgan fingerprint density at radius 3 is 1.62 bits per heavy atom. The summed E-state index contributed by atoms with van der Waals surface area (Å²) in [5.74, 6) is -1.60. The highest BCUT2D eigenvalue weighted by atomic mass is 16.6. The van der Waals surface area contributed by atoms with E-state index >= 15 is 0 Å². The van der Waals surface area contributed by atoms with E-state index < -0.39 is 17.9 Å². The molecule has 7 amide bonds. The number of rotatable bonds is 46. The summed E-state index contributed by atoms with van der Waals surface area (Å²) >= 11 is 0. The number of amides is 7. The fourth-order valence-corrected chi connectivity index (χ4v) is 9.15. The molecular formula is C63H92N6O18. The molecule has 1 atom stereocenters. The third-order valence-electron chi connectivity index (χ3n) is 13.8. The van der Waals surface area contributed by atoms with Gasteiger partial charge in [0.15, 0.2) is 0 Å². The summed E-state index contributed by atoms with van der Waals surface area (Å²) in [6.07, 6.45) is 13.2. The zero-order valence-electron chi connectivity index (χ0n) is 50.7. The van der Waals surface area contributed by atoms with Crippen LogP contribution in [-0.2, 0) is 87.4 Å². The second-order valence-corrected chi connectivity index (χ2v) is 20.3. The van der Waals surface area contributed by atoms with Crippen molar-refractivity contribution in [2.24, 2.45) is 0 Å². The van der Waals surface area contributed by atoms with Crippen LogP contribution in [0.25, 0.3) is 11.6 Å². The Hall–Kier alpha value is -6.45. The molecule has 0 radical (unpaired) electrons. The van der Waals surface area contributed by atoms with Gasteiger partial charge in [0, 0.05) is 70.7 Å². The monoisotopic (exact) mass is 1220 g/mol. The van der Waals surface area contributed by atoms with Crippen LogP contribution >= 0.6 is 0 Å². The molecular weight excluding hydrogens is 1130 g/mol. The number of benzene rings is 2. The maximum atomic E-state index is 13.6.